The van der Waals surface area contributed by atoms with Crippen molar-refractivity contribution in [2.75, 3.05) is 11.9 Å². The van der Waals surface area contributed by atoms with Crippen LogP contribution in [0.25, 0.3) is 10.2 Å². The van der Waals surface area contributed by atoms with E-state index in [-0.39, 0.29) is 29.6 Å². The van der Waals surface area contributed by atoms with Crippen LogP contribution in [0.1, 0.15) is 34.8 Å². The molecule has 3 aromatic rings. The van der Waals surface area contributed by atoms with Gasteiger partial charge in [0.25, 0.3) is 0 Å². The molecular weight excluding hydrogens is 410 g/mol. The number of carbonyl (C=O) groups excluding carboxylic acids is 2. The van der Waals surface area contributed by atoms with Crippen molar-refractivity contribution >= 4 is 48.4 Å². The molecule has 0 saturated carbocycles. The number of aromatic nitrogens is 1. The van der Waals surface area contributed by atoms with E-state index < -0.39 is 10.0 Å². The topological polar surface area (TPSA) is 105 Å². The first-order chi connectivity index (χ1) is 13.7. The Morgan fingerprint density at radius 3 is 2.62 bits per heavy atom. The van der Waals surface area contributed by atoms with Gasteiger partial charge in [-0.3, -0.25) is 9.59 Å². The van der Waals surface area contributed by atoms with Crippen LogP contribution in [0.2, 0.25) is 0 Å². The summed E-state index contributed by atoms with van der Waals surface area (Å²) < 4.78 is 28.1. The van der Waals surface area contributed by atoms with Crippen LogP contribution in [0.3, 0.4) is 0 Å². The van der Waals surface area contributed by atoms with Crippen LogP contribution in [0.15, 0.2) is 41.3 Å². The fourth-order valence-corrected chi connectivity index (χ4v) is 5.01. The van der Waals surface area contributed by atoms with Gasteiger partial charge < -0.3 is 5.32 Å². The fraction of sp³-hybridized carbons (Fsp3) is 0.250. The summed E-state index contributed by atoms with van der Waals surface area (Å²) in [7, 11) is -3.81. The van der Waals surface area contributed by atoms with E-state index >= 15 is 0 Å². The van der Waals surface area contributed by atoms with E-state index in [1.165, 1.54) is 36.5 Å². The lowest BCUT2D eigenvalue weighted by Gasteiger charge is -2.07. The van der Waals surface area contributed by atoms with Gasteiger partial charge in [0.05, 0.1) is 15.1 Å². The molecular formula is C20H21N3O4S2. The third kappa shape index (κ3) is 5.06. The molecule has 0 unspecified atom stereocenters. The van der Waals surface area contributed by atoms with Crippen molar-refractivity contribution < 1.29 is 18.0 Å². The maximum Gasteiger partial charge on any atom is 0.240 e. The molecule has 1 amide bonds. The van der Waals surface area contributed by atoms with Gasteiger partial charge in [0.2, 0.25) is 15.9 Å². The number of ketones is 1. The highest BCUT2D eigenvalue weighted by Gasteiger charge is 2.16. The van der Waals surface area contributed by atoms with Crippen LogP contribution in [0.5, 0.6) is 0 Å². The lowest BCUT2D eigenvalue weighted by molar-refractivity contribution is -0.116. The molecule has 152 valence electrons. The summed E-state index contributed by atoms with van der Waals surface area (Å²) >= 11 is 1.38. The lowest BCUT2D eigenvalue weighted by atomic mass is 10.1. The van der Waals surface area contributed by atoms with E-state index in [4.69, 9.17) is 0 Å². The van der Waals surface area contributed by atoms with Gasteiger partial charge in [0.15, 0.2) is 10.9 Å². The molecule has 0 fully saturated rings. The molecule has 29 heavy (non-hydrogen) atoms. The first kappa shape index (κ1) is 21.1. The molecule has 0 saturated heterocycles. The Morgan fingerprint density at radius 1 is 1.14 bits per heavy atom. The number of Topliss-reactive ketones (excluding diaryl/α,β-unsaturated/α-hetero) is 1. The molecule has 0 aliphatic carbocycles. The number of rotatable bonds is 7. The Hall–Kier alpha value is -2.62. The molecule has 9 heteroatoms. The average molecular weight is 432 g/mol. The SMILES string of the molecule is CC(=O)c1cccc(S(=O)(=O)NCCC(=O)Nc2nc3c(C)cc(C)cc3s2)c1. The van der Waals surface area contributed by atoms with E-state index in [1.807, 2.05) is 26.0 Å². The highest BCUT2D eigenvalue weighted by Crippen LogP contribution is 2.29. The van der Waals surface area contributed by atoms with Crippen molar-refractivity contribution in [1.82, 2.24) is 9.71 Å². The van der Waals surface area contributed by atoms with E-state index in [0.717, 1.165) is 21.3 Å². The summed E-state index contributed by atoms with van der Waals surface area (Å²) in [4.78, 5) is 28.0. The van der Waals surface area contributed by atoms with Crippen molar-refractivity contribution in [3.63, 3.8) is 0 Å². The standard InChI is InChI=1S/C20H21N3O4S2/c1-12-9-13(2)19-17(10-12)28-20(23-19)22-18(25)7-8-21-29(26,27)16-6-4-5-15(11-16)14(3)24/h4-6,9-11,21H,7-8H2,1-3H3,(H,22,23,25). The number of carbonyl (C=O) groups is 2. The first-order valence-corrected chi connectivity index (χ1v) is 11.2. The average Bonchev–Trinajstić information content (AvgIpc) is 3.04. The normalized spacial score (nSPS) is 11.6. The number of benzene rings is 2. The molecule has 0 aliphatic rings. The van der Waals surface area contributed by atoms with E-state index in [9.17, 15) is 18.0 Å². The van der Waals surface area contributed by atoms with Crippen LogP contribution in [0.4, 0.5) is 5.13 Å². The molecule has 0 radical (unpaired) electrons. The Morgan fingerprint density at radius 2 is 1.90 bits per heavy atom. The van der Waals surface area contributed by atoms with E-state index in [2.05, 4.69) is 15.0 Å². The number of fused-ring (bicyclic) bond motifs is 1. The fourth-order valence-electron chi connectivity index (χ4n) is 2.87. The quantitative estimate of drug-likeness (QED) is 0.558. The van der Waals surface area contributed by atoms with E-state index in [1.54, 1.807) is 6.07 Å². The lowest BCUT2D eigenvalue weighted by Crippen LogP contribution is -2.28. The second kappa shape index (κ2) is 8.40. The Kier molecular flexibility index (Phi) is 6.11. The summed E-state index contributed by atoms with van der Waals surface area (Å²) in [6.45, 7) is 5.27. The smallest absolute Gasteiger partial charge is 0.240 e. The van der Waals surface area contributed by atoms with Gasteiger partial charge in [0.1, 0.15) is 0 Å². The number of amides is 1. The molecule has 3 rings (SSSR count). The molecule has 0 spiro atoms. The minimum atomic E-state index is -3.81. The minimum Gasteiger partial charge on any atom is -0.302 e. The largest absolute Gasteiger partial charge is 0.302 e. The van der Waals surface area contributed by atoms with Crippen LogP contribution in [-0.4, -0.2) is 31.6 Å². The molecule has 0 aliphatic heterocycles. The molecule has 2 N–H and O–H groups in total. The van der Waals surface area contributed by atoms with Crippen molar-refractivity contribution in [2.45, 2.75) is 32.1 Å². The highest BCUT2D eigenvalue weighted by atomic mass is 32.2. The van der Waals surface area contributed by atoms with E-state index in [0.29, 0.717) is 10.7 Å². The predicted octanol–water partition coefficient (Wildman–Crippen LogP) is 3.42. The van der Waals surface area contributed by atoms with Crippen LogP contribution < -0.4 is 10.0 Å². The van der Waals surface area contributed by atoms with Crippen LogP contribution in [-0.2, 0) is 14.8 Å². The number of anilines is 1. The van der Waals surface area contributed by atoms with Crippen molar-refractivity contribution in [2.24, 2.45) is 0 Å². The van der Waals surface area contributed by atoms with Gasteiger partial charge in [0, 0.05) is 18.5 Å². The number of aryl methyl sites for hydroxylation is 2. The number of hydrogen-bond acceptors (Lipinski definition) is 6. The molecule has 1 heterocycles. The summed E-state index contributed by atoms with van der Waals surface area (Å²) in [5.74, 6) is -0.554. The van der Waals surface area contributed by atoms with Crippen molar-refractivity contribution in [3.8, 4) is 0 Å². The van der Waals surface area contributed by atoms with Gasteiger partial charge in [-0.15, -0.1) is 0 Å². The monoisotopic (exact) mass is 431 g/mol. The van der Waals surface area contributed by atoms with Gasteiger partial charge in [-0.2, -0.15) is 0 Å². The zero-order valence-electron chi connectivity index (χ0n) is 16.3. The third-order valence-corrected chi connectivity index (χ3v) is 6.65. The molecule has 7 nitrogen and oxygen atoms in total. The van der Waals surface area contributed by atoms with Gasteiger partial charge >= 0.3 is 0 Å². The molecule has 0 bridgehead atoms. The summed E-state index contributed by atoms with van der Waals surface area (Å²) in [5, 5.41) is 3.20. The predicted molar refractivity (Wildman–Crippen MR) is 114 cm³/mol. The Labute approximate surface area is 173 Å². The van der Waals surface area contributed by atoms with Crippen LogP contribution >= 0.6 is 11.3 Å². The number of thiazole rings is 1. The second-order valence-corrected chi connectivity index (χ2v) is 9.53. The molecule has 1 aromatic heterocycles. The summed E-state index contributed by atoms with van der Waals surface area (Å²) in [5.41, 5.74) is 3.33. The van der Waals surface area contributed by atoms with Crippen molar-refractivity contribution in [1.29, 1.82) is 0 Å². The number of hydrogen-bond donors (Lipinski definition) is 2. The van der Waals surface area contributed by atoms with Gasteiger partial charge in [-0.05, 0) is 50.1 Å². The van der Waals surface area contributed by atoms with Gasteiger partial charge in [-0.1, -0.05) is 29.5 Å². The maximum absolute atomic E-state index is 12.4. The minimum absolute atomic E-state index is 0.0115. The molecule has 0 atom stereocenters. The summed E-state index contributed by atoms with van der Waals surface area (Å²) in [6.07, 6.45) is -0.0421. The zero-order chi connectivity index (χ0) is 21.2. The Balaban J connectivity index is 1.60. The third-order valence-electron chi connectivity index (χ3n) is 4.27. The number of nitrogens with one attached hydrogen (secondary N) is 2. The Bertz CT molecular complexity index is 1200. The highest BCUT2D eigenvalue weighted by molar-refractivity contribution is 7.89. The zero-order valence-corrected chi connectivity index (χ0v) is 17.9. The van der Waals surface area contributed by atoms with Crippen LogP contribution in [0, 0.1) is 13.8 Å². The summed E-state index contributed by atoms with van der Waals surface area (Å²) in [6, 6.07) is 9.82. The van der Waals surface area contributed by atoms with Crippen molar-refractivity contribution in [3.05, 3.63) is 53.1 Å². The van der Waals surface area contributed by atoms with Gasteiger partial charge in [-0.25, -0.2) is 18.1 Å². The molecule has 2 aromatic carbocycles. The number of nitrogens with zero attached hydrogens (tertiary/aromatic N) is 1. The first-order valence-electron chi connectivity index (χ1n) is 8.94. The maximum atomic E-state index is 12.4. The number of sulfonamides is 1. The second-order valence-electron chi connectivity index (χ2n) is 6.73.